The van der Waals surface area contributed by atoms with Crippen molar-refractivity contribution in [2.75, 3.05) is 11.4 Å². The van der Waals surface area contributed by atoms with Gasteiger partial charge in [0.15, 0.2) is 0 Å². The molecule has 20 heavy (non-hydrogen) atoms. The molecule has 4 nitrogen and oxygen atoms in total. The summed E-state index contributed by atoms with van der Waals surface area (Å²) in [6.45, 7) is 0.697. The molecule has 1 aromatic rings. The fraction of sp³-hybridized carbons (Fsp3) is 0.500. The molecule has 0 bridgehead atoms. The Labute approximate surface area is 117 Å². The highest BCUT2D eigenvalue weighted by Gasteiger charge is 2.49. The lowest BCUT2D eigenvalue weighted by molar-refractivity contribution is -0.122. The lowest BCUT2D eigenvalue weighted by Crippen LogP contribution is -2.34. The minimum atomic E-state index is -0.936. The van der Waals surface area contributed by atoms with Gasteiger partial charge < -0.3 is 10.0 Å². The van der Waals surface area contributed by atoms with E-state index in [1.165, 1.54) is 6.42 Å². The van der Waals surface area contributed by atoms with E-state index in [4.69, 9.17) is 5.11 Å². The number of nitrogens with zero attached hydrogens (tertiary/aromatic N) is 1. The van der Waals surface area contributed by atoms with Crippen molar-refractivity contribution in [1.29, 1.82) is 0 Å². The summed E-state index contributed by atoms with van der Waals surface area (Å²) in [5, 5.41) is 9.09. The van der Waals surface area contributed by atoms with Gasteiger partial charge in [-0.25, -0.2) is 4.79 Å². The molecule has 0 radical (unpaired) electrons. The van der Waals surface area contributed by atoms with Crippen LogP contribution in [0.3, 0.4) is 0 Å². The molecular formula is C16H17NO3. The fourth-order valence-corrected chi connectivity index (χ4v) is 3.88. The summed E-state index contributed by atoms with van der Waals surface area (Å²) in [5.74, 6) is 1.01. The summed E-state index contributed by atoms with van der Waals surface area (Å²) in [4.78, 5) is 25.5. The van der Waals surface area contributed by atoms with Crippen molar-refractivity contribution in [2.24, 2.45) is 17.8 Å². The average molecular weight is 271 g/mol. The molecule has 2 saturated carbocycles. The average Bonchev–Trinajstić information content (AvgIpc) is 2.89. The Hall–Kier alpha value is -1.84. The molecule has 1 amide bonds. The number of carbonyl (C=O) groups excluding carboxylic acids is 1. The second-order valence-electron chi connectivity index (χ2n) is 6.31. The van der Waals surface area contributed by atoms with Crippen molar-refractivity contribution in [3.05, 3.63) is 29.3 Å². The van der Waals surface area contributed by atoms with E-state index in [0.717, 1.165) is 42.3 Å². The molecule has 2 aliphatic carbocycles. The molecule has 4 heteroatoms. The minimum Gasteiger partial charge on any atom is -0.478 e. The number of carboxylic acid groups (broad SMARTS) is 1. The summed E-state index contributed by atoms with van der Waals surface area (Å²) in [7, 11) is 0. The van der Waals surface area contributed by atoms with Crippen molar-refractivity contribution >= 4 is 17.6 Å². The Morgan fingerprint density at radius 1 is 1.15 bits per heavy atom. The number of rotatable bonds is 2. The molecule has 0 spiro atoms. The highest BCUT2D eigenvalue weighted by Crippen LogP contribution is 2.55. The first-order valence-electron chi connectivity index (χ1n) is 7.31. The van der Waals surface area contributed by atoms with Crippen LogP contribution in [0.15, 0.2) is 18.2 Å². The molecule has 1 N–H and O–H groups in total. The van der Waals surface area contributed by atoms with Crippen molar-refractivity contribution in [3.63, 3.8) is 0 Å². The number of aromatic carboxylic acids is 1. The van der Waals surface area contributed by atoms with Crippen LogP contribution in [-0.2, 0) is 11.2 Å². The van der Waals surface area contributed by atoms with E-state index in [2.05, 4.69) is 0 Å². The molecular weight excluding hydrogens is 254 g/mol. The number of amides is 1. The van der Waals surface area contributed by atoms with Crippen molar-refractivity contribution in [3.8, 4) is 0 Å². The summed E-state index contributed by atoms with van der Waals surface area (Å²) in [6, 6.07) is 5.12. The van der Waals surface area contributed by atoms with E-state index in [-0.39, 0.29) is 17.4 Å². The Morgan fingerprint density at radius 2 is 1.90 bits per heavy atom. The number of carbonyl (C=O) groups is 2. The van der Waals surface area contributed by atoms with Crippen LogP contribution in [0.2, 0.25) is 0 Å². The summed E-state index contributed by atoms with van der Waals surface area (Å²) in [5.41, 5.74) is 2.17. The molecule has 4 rings (SSSR count). The Kier molecular flexibility index (Phi) is 2.43. The first kappa shape index (κ1) is 11.9. The van der Waals surface area contributed by atoms with E-state index in [0.29, 0.717) is 6.54 Å². The third-order valence-corrected chi connectivity index (χ3v) is 5.09. The number of hydrogen-bond acceptors (Lipinski definition) is 2. The first-order valence-corrected chi connectivity index (χ1v) is 7.31. The molecule has 1 aliphatic heterocycles. The van der Waals surface area contributed by atoms with Crippen LogP contribution in [0.1, 0.15) is 35.2 Å². The molecule has 1 aromatic carbocycles. The Morgan fingerprint density at radius 3 is 2.60 bits per heavy atom. The third-order valence-electron chi connectivity index (χ3n) is 5.09. The fourth-order valence-electron chi connectivity index (χ4n) is 3.88. The third kappa shape index (κ3) is 1.74. The van der Waals surface area contributed by atoms with Crippen LogP contribution in [0.25, 0.3) is 0 Å². The maximum Gasteiger partial charge on any atom is 0.335 e. The van der Waals surface area contributed by atoms with E-state index < -0.39 is 5.97 Å². The van der Waals surface area contributed by atoms with Crippen LogP contribution >= 0.6 is 0 Å². The van der Waals surface area contributed by atoms with Gasteiger partial charge in [-0.1, -0.05) is 6.07 Å². The second kappa shape index (κ2) is 4.08. The maximum atomic E-state index is 12.6. The number of benzene rings is 1. The molecule has 2 unspecified atom stereocenters. The van der Waals surface area contributed by atoms with Gasteiger partial charge in [0.25, 0.3) is 0 Å². The number of anilines is 1. The molecule has 0 saturated heterocycles. The van der Waals surface area contributed by atoms with E-state index in [1.54, 1.807) is 12.1 Å². The zero-order valence-electron chi connectivity index (χ0n) is 11.2. The number of hydrogen-bond donors (Lipinski definition) is 1. The van der Waals surface area contributed by atoms with Gasteiger partial charge in [0.1, 0.15) is 0 Å². The van der Waals surface area contributed by atoms with Gasteiger partial charge in [0.05, 0.1) is 5.56 Å². The van der Waals surface area contributed by atoms with Crippen LogP contribution in [-0.4, -0.2) is 23.5 Å². The Bertz CT molecular complexity index is 600. The predicted octanol–water partition coefficient (Wildman–Crippen LogP) is 2.32. The molecule has 2 fully saturated rings. The van der Waals surface area contributed by atoms with Gasteiger partial charge in [-0.15, -0.1) is 0 Å². The minimum absolute atomic E-state index is 0.165. The Balaban J connectivity index is 1.61. The number of carboxylic acids is 1. The number of fused-ring (bicyclic) bond motifs is 2. The van der Waals surface area contributed by atoms with E-state index in [9.17, 15) is 9.59 Å². The summed E-state index contributed by atoms with van der Waals surface area (Å²) >= 11 is 0. The SMILES string of the molecule is O=C(O)c1ccc2c(c1)N(C(=O)C1CC3CC3C1)CC2. The first-order chi connectivity index (χ1) is 9.63. The van der Waals surface area contributed by atoms with Gasteiger partial charge in [0.2, 0.25) is 5.91 Å². The lowest BCUT2D eigenvalue weighted by Gasteiger charge is -2.22. The highest BCUT2D eigenvalue weighted by molar-refractivity contribution is 5.99. The normalized spacial score (nSPS) is 30.0. The van der Waals surface area contributed by atoms with Crippen LogP contribution < -0.4 is 4.90 Å². The molecule has 3 aliphatic rings. The topological polar surface area (TPSA) is 57.6 Å². The predicted molar refractivity (Wildman–Crippen MR) is 73.8 cm³/mol. The van der Waals surface area contributed by atoms with Crippen molar-refractivity contribution in [2.45, 2.75) is 25.7 Å². The molecule has 1 heterocycles. The van der Waals surface area contributed by atoms with Gasteiger partial charge >= 0.3 is 5.97 Å². The van der Waals surface area contributed by atoms with Crippen LogP contribution in [0.5, 0.6) is 0 Å². The maximum absolute atomic E-state index is 12.6. The largest absolute Gasteiger partial charge is 0.478 e. The van der Waals surface area contributed by atoms with Crippen LogP contribution in [0, 0.1) is 17.8 Å². The van der Waals surface area contributed by atoms with Gasteiger partial charge in [0, 0.05) is 18.2 Å². The summed E-state index contributed by atoms with van der Waals surface area (Å²) in [6.07, 6.45) is 4.21. The smallest absolute Gasteiger partial charge is 0.335 e. The van der Waals surface area contributed by atoms with E-state index in [1.807, 2.05) is 11.0 Å². The summed E-state index contributed by atoms with van der Waals surface area (Å²) < 4.78 is 0. The van der Waals surface area contributed by atoms with Crippen LogP contribution in [0.4, 0.5) is 5.69 Å². The van der Waals surface area contributed by atoms with Crippen molar-refractivity contribution in [1.82, 2.24) is 0 Å². The zero-order valence-corrected chi connectivity index (χ0v) is 11.2. The van der Waals surface area contributed by atoms with Gasteiger partial charge in [-0.2, -0.15) is 0 Å². The lowest BCUT2D eigenvalue weighted by atomic mass is 10.0. The highest BCUT2D eigenvalue weighted by atomic mass is 16.4. The molecule has 104 valence electrons. The van der Waals surface area contributed by atoms with Gasteiger partial charge in [-0.3, -0.25) is 4.79 Å². The molecule has 0 aromatic heterocycles. The quantitative estimate of drug-likeness (QED) is 0.898. The second-order valence-corrected chi connectivity index (χ2v) is 6.31. The van der Waals surface area contributed by atoms with Crippen molar-refractivity contribution < 1.29 is 14.7 Å². The zero-order chi connectivity index (χ0) is 13.9. The molecule has 2 atom stereocenters. The van der Waals surface area contributed by atoms with E-state index >= 15 is 0 Å². The monoisotopic (exact) mass is 271 g/mol. The van der Waals surface area contributed by atoms with Gasteiger partial charge in [-0.05, 0) is 55.2 Å². The standard InChI is InChI=1S/C16H17NO3/c18-15(13-6-11-5-12(11)7-13)17-4-3-9-1-2-10(16(19)20)8-14(9)17/h1-2,8,11-13H,3-7H2,(H,19,20).